The van der Waals surface area contributed by atoms with Crippen LogP contribution in [0.2, 0.25) is 0 Å². The van der Waals surface area contributed by atoms with Gasteiger partial charge in [0, 0.05) is 37.4 Å². The molecular weight excluding hydrogens is 292 g/mol. The molecule has 3 heterocycles. The van der Waals surface area contributed by atoms with Crippen molar-refractivity contribution in [1.82, 2.24) is 19.6 Å². The molecule has 3 rings (SSSR count). The van der Waals surface area contributed by atoms with Gasteiger partial charge < -0.3 is 9.84 Å². The molecule has 2 atom stereocenters. The molecule has 0 radical (unpaired) electrons. The van der Waals surface area contributed by atoms with Crippen LogP contribution in [0.5, 0.6) is 0 Å². The van der Waals surface area contributed by atoms with Crippen molar-refractivity contribution in [2.45, 2.75) is 51.9 Å². The van der Waals surface area contributed by atoms with E-state index in [1.165, 1.54) is 11.3 Å². The lowest BCUT2D eigenvalue weighted by Gasteiger charge is -2.28. The molecule has 0 bridgehead atoms. The van der Waals surface area contributed by atoms with E-state index in [9.17, 15) is 5.11 Å². The first-order valence-corrected chi connectivity index (χ1v) is 8.92. The first-order chi connectivity index (χ1) is 11.2. The van der Waals surface area contributed by atoms with Gasteiger partial charge >= 0.3 is 0 Å². The Hall–Kier alpha value is -0.950. The number of aliphatic hydroxyl groups excluding tert-OH is 1. The van der Waals surface area contributed by atoms with E-state index in [-0.39, 0.29) is 12.1 Å². The minimum atomic E-state index is -0.323. The average Bonchev–Trinajstić information content (AvgIpc) is 3.02. The SMILES string of the molecule is CCCn1ncc(CN2CCCN([C@H]3COC[C@@H]3O)CC2)c1C. The predicted octanol–water partition coefficient (Wildman–Crippen LogP) is 0.869. The fourth-order valence-electron chi connectivity index (χ4n) is 3.68. The van der Waals surface area contributed by atoms with E-state index in [4.69, 9.17) is 4.74 Å². The summed E-state index contributed by atoms with van der Waals surface area (Å²) >= 11 is 0. The van der Waals surface area contributed by atoms with E-state index in [0.717, 1.165) is 52.1 Å². The molecule has 2 aliphatic rings. The summed E-state index contributed by atoms with van der Waals surface area (Å²) in [6, 6.07) is 0.184. The number of rotatable bonds is 5. The Balaban J connectivity index is 1.56. The van der Waals surface area contributed by atoms with Gasteiger partial charge in [0.05, 0.1) is 31.6 Å². The number of aromatic nitrogens is 2. The second kappa shape index (κ2) is 7.75. The van der Waals surface area contributed by atoms with Gasteiger partial charge in [-0.15, -0.1) is 0 Å². The van der Waals surface area contributed by atoms with Crippen LogP contribution in [0.1, 0.15) is 31.0 Å². The molecule has 1 aromatic heterocycles. The average molecular weight is 322 g/mol. The first-order valence-electron chi connectivity index (χ1n) is 8.92. The van der Waals surface area contributed by atoms with Crippen LogP contribution in [0.4, 0.5) is 0 Å². The third-order valence-electron chi connectivity index (χ3n) is 5.15. The van der Waals surface area contributed by atoms with Crippen molar-refractivity contribution in [3.05, 3.63) is 17.5 Å². The van der Waals surface area contributed by atoms with Crippen LogP contribution >= 0.6 is 0 Å². The van der Waals surface area contributed by atoms with Crippen molar-refractivity contribution in [2.24, 2.45) is 0 Å². The van der Waals surface area contributed by atoms with Gasteiger partial charge in [0.1, 0.15) is 0 Å². The summed E-state index contributed by atoms with van der Waals surface area (Å²) in [6.45, 7) is 11.7. The maximum atomic E-state index is 10.0. The van der Waals surface area contributed by atoms with E-state index in [2.05, 4.69) is 33.4 Å². The molecule has 1 N–H and O–H groups in total. The van der Waals surface area contributed by atoms with Gasteiger partial charge in [0.2, 0.25) is 0 Å². The highest BCUT2D eigenvalue weighted by atomic mass is 16.5. The third kappa shape index (κ3) is 3.94. The van der Waals surface area contributed by atoms with Gasteiger partial charge in [-0.2, -0.15) is 5.10 Å². The predicted molar refractivity (Wildman–Crippen MR) is 89.3 cm³/mol. The van der Waals surface area contributed by atoms with Crippen molar-refractivity contribution in [2.75, 3.05) is 39.4 Å². The quantitative estimate of drug-likeness (QED) is 0.872. The monoisotopic (exact) mass is 322 g/mol. The van der Waals surface area contributed by atoms with Crippen LogP contribution in [0.25, 0.3) is 0 Å². The lowest BCUT2D eigenvalue weighted by molar-refractivity contribution is 0.0837. The lowest BCUT2D eigenvalue weighted by Crippen LogP contribution is -2.44. The Morgan fingerprint density at radius 2 is 2.13 bits per heavy atom. The first kappa shape index (κ1) is 16.9. The minimum Gasteiger partial charge on any atom is -0.389 e. The summed E-state index contributed by atoms with van der Waals surface area (Å²) in [6.07, 6.45) is 3.97. The van der Waals surface area contributed by atoms with Gasteiger partial charge in [-0.1, -0.05) is 6.92 Å². The summed E-state index contributed by atoms with van der Waals surface area (Å²) < 4.78 is 7.53. The Morgan fingerprint density at radius 3 is 2.87 bits per heavy atom. The fourth-order valence-corrected chi connectivity index (χ4v) is 3.68. The Morgan fingerprint density at radius 1 is 1.26 bits per heavy atom. The minimum absolute atomic E-state index is 0.184. The summed E-state index contributed by atoms with van der Waals surface area (Å²) in [5.74, 6) is 0. The van der Waals surface area contributed by atoms with Gasteiger partial charge in [-0.3, -0.25) is 14.5 Å². The van der Waals surface area contributed by atoms with Crippen LogP contribution < -0.4 is 0 Å². The molecule has 0 spiro atoms. The molecule has 0 aliphatic carbocycles. The topological polar surface area (TPSA) is 53.8 Å². The molecule has 23 heavy (non-hydrogen) atoms. The molecule has 0 aromatic carbocycles. The number of hydrogen-bond donors (Lipinski definition) is 1. The van der Waals surface area contributed by atoms with E-state index in [1.807, 2.05) is 6.20 Å². The van der Waals surface area contributed by atoms with E-state index in [0.29, 0.717) is 13.2 Å². The van der Waals surface area contributed by atoms with E-state index < -0.39 is 0 Å². The van der Waals surface area contributed by atoms with Crippen LogP contribution in [-0.4, -0.2) is 76.2 Å². The lowest BCUT2D eigenvalue weighted by atomic mass is 10.2. The Kier molecular flexibility index (Phi) is 5.69. The molecule has 2 saturated heterocycles. The van der Waals surface area contributed by atoms with E-state index in [1.54, 1.807) is 0 Å². The summed E-state index contributed by atoms with van der Waals surface area (Å²) in [5.41, 5.74) is 2.64. The summed E-state index contributed by atoms with van der Waals surface area (Å²) in [4.78, 5) is 4.92. The number of nitrogens with zero attached hydrogens (tertiary/aromatic N) is 4. The van der Waals surface area contributed by atoms with Gasteiger partial charge in [0.25, 0.3) is 0 Å². The number of aryl methyl sites for hydroxylation is 1. The molecule has 6 nitrogen and oxygen atoms in total. The summed E-state index contributed by atoms with van der Waals surface area (Å²) in [5, 5.41) is 14.5. The number of ether oxygens (including phenoxy) is 1. The standard InChI is InChI=1S/C17H30N4O2/c1-3-5-21-14(2)15(10-18-21)11-19-6-4-7-20(9-8-19)16-12-23-13-17(16)22/h10,16-17,22H,3-9,11-13H2,1-2H3/t16-,17-/m0/s1. The number of aliphatic hydroxyl groups is 1. The molecule has 2 fully saturated rings. The smallest absolute Gasteiger partial charge is 0.0950 e. The molecule has 0 amide bonds. The highest BCUT2D eigenvalue weighted by molar-refractivity contribution is 5.16. The zero-order valence-corrected chi connectivity index (χ0v) is 14.4. The van der Waals surface area contributed by atoms with E-state index >= 15 is 0 Å². The molecule has 0 unspecified atom stereocenters. The Bertz CT molecular complexity index is 505. The summed E-state index contributed by atoms with van der Waals surface area (Å²) in [7, 11) is 0. The second-order valence-corrected chi connectivity index (χ2v) is 6.82. The fraction of sp³-hybridized carbons (Fsp3) is 0.824. The maximum Gasteiger partial charge on any atom is 0.0950 e. The van der Waals surface area contributed by atoms with Gasteiger partial charge in [0.15, 0.2) is 0 Å². The van der Waals surface area contributed by atoms with Crippen LogP contribution in [-0.2, 0) is 17.8 Å². The number of hydrogen-bond acceptors (Lipinski definition) is 5. The van der Waals surface area contributed by atoms with Crippen molar-refractivity contribution in [1.29, 1.82) is 0 Å². The largest absolute Gasteiger partial charge is 0.389 e. The van der Waals surface area contributed by atoms with Crippen LogP contribution in [0.15, 0.2) is 6.20 Å². The highest BCUT2D eigenvalue weighted by Crippen LogP contribution is 2.18. The maximum absolute atomic E-state index is 10.0. The third-order valence-corrected chi connectivity index (χ3v) is 5.15. The molecular formula is C17H30N4O2. The van der Waals surface area contributed by atoms with Gasteiger partial charge in [-0.05, 0) is 32.9 Å². The van der Waals surface area contributed by atoms with Crippen molar-refractivity contribution in [3.63, 3.8) is 0 Å². The van der Waals surface area contributed by atoms with Crippen molar-refractivity contribution >= 4 is 0 Å². The highest BCUT2D eigenvalue weighted by Gasteiger charge is 2.32. The zero-order chi connectivity index (χ0) is 16.2. The molecule has 6 heteroatoms. The molecule has 130 valence electrons. The normalized spacial score (nSPS) is 27.4. The molecule has 0 saturated carbocycles. The zero-order valence-electron chi connectivity index (χ0n) is 14.4. The molecule has 1 aromatic rings. The van der Waals surface area contributed by atoms with Crippen molar-refractivity contribution in [3.8, 4) is 0 Å². The van der Waals surface area contributed by atoms with Crippen LogP contribution in [0.3, 0.4) is 0 Å². The second-order valence-electron chi connectivity index (χ2n) is 6.82. The molecule has 2 aliphatic heterocycles. The van der Waals surface area contributed by atoms with Crippen molar-refractivity contribution < 1.29 is 9.84 Å². The Labute approximate surface area is 139 Å². The van der Waals surface area contributed by atoms with Crippen LogP contribution in [0, 0.1) is 6.92 Å². The van der Waals surface area contributed by atoms with Gasteiger partial charge in [-0.25, -0.2) is 0 Å².